The normalized spacial score (nSPS) is 10.2. The predicted octanol–water partition coefficient (Wildman–Crippen LogP) is 3.72. The maximum absolute atomic E-state index is 12.4. The first-order chi connectivity index (χ1) is 9.95. The number of benzene rings is 2. The summed E-state index contributed by atoms with van der Waals surface area (Å²) in [5.41, 5.74) is 0.225. The third kappa shape index (κ3) is 3.01. The van der Waals surface area contributed by atoms with Crippen molar-refractivity contribution < 1.29 is 19.4 Å². The van der Waals surface area contributed by atoms with Crippen LogP contribution < -0.4 is 0 Å². The monoisotopic (exact) mass is 324 g/mol. The van der Waals surface area contributed by atoms with Gasteiger partial charge in [0.2, 0.25) is 0 Å². The van der Waals surface area contributed by atoms with E-state index in [4.69, 9.17) is 23.2 Å². The van der Waals surface area contributed by atoms with Crippen molar-refractivity contribution in [2.75, 3.05) is 7.11 Å². The summed E-state index contributed by atoms with van der Waals surface area (Å²) in [6, 6.07) is 9.00. The number of rotatable bonds is 3. The number of phenolic OH excluding ortho intramolecular Hbond substituents is 1. The van der Waals surface area contributed by atoms with Gasteiger partial charge in [0.05, 0.1) is 17.2 Å². The highest BCUT2D eigenvalue weighted by molar-refractivity contribution is 6.36. The number of esters is 1. The van der Waals surface area contributed by atoms with Gasteiger partial charge >= 0.3 is 5.97 Å². The number of hydrogen-bond acceptors (Lipinski definition) is 4. The van der Waals surface area contributed by atoms with Gasteiger partial charge < -0.3 is 9.84 Å². The standard InChI is InChI=1S/C15H10Cl2O4/c1-21-15(20)10-6-8(7-12(17)14(10)19)13(18)9-4-2-3-5-11(9)16/h2-7,19H,1H3. The zero-order valence-electron chi connectivity index (χ0n) is 10.9. The zero-order valence-corrected chi connectivity index (χ0v) is 12.4. The molecule has 0 aromatic heterocycles. The van der Waals surface area contributed by atoms with Gasteiger partial charge in [-0.05, 0) is 24.3 Å². The molecule has 6 heteroatoms. The van der Waals surface area contributed by atoms with Crippen LogP contribution in [0.4, 0.5) is 0 Å². The minimum absolute atomic E-state index is 0.117. The van der Waals surface area contributed by atoms with Gasteiger partial charge in [0.1, 0.15) is 11.3 Å². The molecule has 4 nitrogen and oxygen atoms in total. The molecule has 1 N–H and O–H groups in total. The Kier molecular flexibility index (Phi) is 4.50. The topological polar surface area (TPSA) is 63.6 Å². The Morgan fingerprint density at radius 3 is 2.33 bits per heavy atom. The molecule has 0 unspecified atom stereocenters. The smallest absolute Gasteiger partial charge is 0.341 e. The highest BCUT2D eigenvalue weighted by Crippen LogP contribution is 2.31. The SMILES string of the molecule is COC(=O)c1cc(C(=O)c2ccccc2Cl)cc(Cl)c1O. The summed E-state index contributed by atoms with van der Waals surface area (Å²) in [6.45, 7) is 0. The van der Waals surface area contributed by atoms with Gasteiger partial charge in [-0.25, -0.2) is 4.79 Å². The molecule has 108 valence electrons. The van der Waals surface area contributed by atoms with E-state index < -0.39 is 17.5 Å². The molecule has 2 aromatic rings. The zero-order chi connectivity index (χ0) is 15.6. The summed E-state index contributed by atoms with van der Waals surface area (Å²) in [6.07, 6.45) is 0. The van der Waals surface area contributed by atoms with Crippen molar-refractivity contribution in [3.05, 3.63) is 63.1 Å². The van der Waals surface area contributed by atoms with E-state index in [1.165, 1.54) is 12.1 Å². The van der Waals surface area contributed by atoms with E-state index in [2.05, 4.69) is 4.74 Å². The first-order valence-corrected chi connectivity index (χ1v) is 6.61. The van der Waals surface area contributed by atoms with Crippen LogP contribution in [0.15, 0.2) is 36.4 Å². The quantitative estimate of drug-likeness (QED) is 0.690. The van der Waals surface area contributed by atoms with Crippen molar-refractivity contribution >= 4 is 35.0 Å². The van der Waals surface area contributed by atoms with Gasteiger partial charge in [0, 0.05) is 11.1 Å². The maximum Gasteiger partial charge on any atom is 0.341 e. The molecule has 0 spiro atoms. The summed E-state index contributed by atoms with van der Waals surface area (Å²) < 4.78 is 4.54. The summed E-state index contributed by atoms with van der Waals surface area (Å²) in [5, 5.41) is 9.93. The lowest BCUT2D eigenvalue weighted by Gasteiger charge is -2.08. The summed E-state index contributed by atoms with van der Waals surface area (Å²) in [4.78, 5) is 24.0. The van der Waals surface area contributed by atoms with Crippen molar-refractivity contribution in [2.24, 2.45) is 0 Å². The van der Waals surface area contributed by atoms with Crippen molar-refractivity contribution in [2.45, 2.75) is 0 Å². The Balaban J connectivity index is 2.55. The second-order valence-electron chi connectivity index (χ2n) is 4.15. The number of methoxy groups -OCH3 is 1. The molecule has 0 atom stereocenters. The maximum atomic E-state index is 12.4. The van der Waals surface area contributed by atoms with Gasteiger partial charge in [0.25, 0.3) is 0 Å². The fourth-order valence-corrected chi connectivity index (χ4v) is 2.24. The van der Waals surface area contributed by atoms with Crippen LogP contribution in [0, 0.1) is 0 Å². The molecule has 0 aliphatic heterocycles. The van der Waals surface area contributed by atoms with Crippen molar-refractivity contribution in [1.29, 1.82) is 0 Å². The largest absolute Gasteiger partial charge is 0.505 e. The Hall–Kier alpha value is -2.04. The molecule has 0 aliphatic rings. The summed E-state index contributed by atoms with van der Waals surface area (Å²) in [5.74, 6) is -1.63. The summed E-state index contributed by atoms with van der Waals surface area (Å²) in [7, 11) is 1.16. The van der Waals surface area contributed by atoms with E-state index in [0.29, 0.717) is 0 Å². The molecular formula is C15H10Cl2O4. The number of carbonyl (C=O) groups is 2. The Labute approximate surface area is 130 Å². The fourth-order valence-electron chi connectivity index (χ4n) is 1.80. The number of aromatic hydroxyl groups is 1. The molecule has 0 aliphatic carbocycles. The number of phenols is 1. The second kappa shape index (κ2) is 6.16. The van der Waals surface area contributed by atoms with Crippen LogP contribution in [-0.4, -0.2) is 24.0 Å². The highest BCUT2D eigenvalue weighted by atomic mass is 35.5. The number of ketones is 1. The van der Waals surface area contributed by atoms with E-state index in [1.807, 2.05) is 0 Å². The molecule has 0 saturated heterocycles. The van der Waals surface area contributed by atoms with Crippen LogP contribution in [0.25, 0.3) is 0 Å². The average molecular weight is 325 g/mol. The Bertz CT molecular complexity index is 726. The van der Waals surface area contributed by atoms with Crippen molar-refractivity contribution in [3.63, 3.8) is 0 Å². The molecule has 0 bridgehead atoms. The van der Waals surface area contributed by atoms with E-state index in [9.17, 15) is 14.7 Å². The molecule has 2 rings (SSSR count). The summed E-state index contributed by atoms with van der Waals surface area (Å²) >= 11 is 11.8. The average Bonchev–Trinajstić information content (AvgIpc) is 2.49. The number of hydrogen-bond donors (Lipinski definition) is 1. The molecule has 0 amide bonds. The van der Waals surface area contributed by atoms with Crippen molar-refractivity contribution in [1.82, 2.24) is 0 Å². The molecule has 0 saturated carbocycles. The number of carbonyl (C=O) groups excluding carboxylic acids is 2. The van der Waals surface area contributed by atoms with Gasteiger partial charge in [-0.2, -0.15) is 0 Å². The number of halogens is 2. The molecule has 21 heavy (non-hydrogen) atoms. The Morgan fingerprint density at radius 1 is 1.05 bits per heavy atom. The lowest BCUT2D eigenvalue weighted by molar-refractivity contribution is 0.0597. The minimum atomic E-state index is -0.789. The third-order valence-corrected chi connectivity index (χ3v) is 3.47. The van der Waals surface area contributed by atoms with Crippen LogP contribution in [0.2, 0.25) is 10.0 Å². The lowest BCUT2D eigenvalue weighted by Crippen LogP contribution is -2.07. The van der Waals surface area contributed by atoms with E-state index in [1.54, 1.807) is 24.3 Å². The van der Waals surface area contributed by atoms with E-state index in [0.717, 1.165) is 7.11 Å². The van der Waals surface area contributed by atoms with Crippen LogP contribution in [0.3, 0.4) is 0 Å². The molecule has 0 heterocycles. The number of ether oxygens (including phenoxy) is 1. The van der Waals surface area contributed by atoms with Gasteiger partial charge in [-0.3, -0.25) is 4.79 Å². The highest BCUT2D eigenvalue weighted by Gasteiger charge is 2.20. The van der Waals surface area contributed by atoms with Crippen LogP contribution in [-0.2, 0) is 4.74 Å². The van der Waals surface area contributed by atoms with Crippen LogP contribution in [0.1, 0.15) is 26.3 Å². The molecule has 2 aromatic carbocycles. The first-order valence-electron chi connectivity index (χ1n) is 5.85. The molecule has 0 radical (unpaired) electrons. The minimum Gasteiger partial charge on any atom is -0.505 e. The van der Waals surface area contributed by atoms with Crippen LogP contribution in [0.5, 0.6) is 5.75 Å². The van der Waals surface area contributed by atoms with Gasteiger partial charge in [-0.1, -0.05) is 35.3 Å². The Morgan fingerprint density at radius 2 is 1.71 bits per heavy atom. The van der Waals surface area contributed by atoms with E-state index in [-0.39, 0.29) is 26.7 Å². The first kappa shape index (κ1) is 15.4. The molecular weight excluding hydrogens is 315 g/mol. The van der Waals surface area contributed by atoms with Gasteiger partial charge in [0.15, 0.2) is 5.78 Å². The predicted molar refractivity (Wildman–Crippen MR) is 79.3 cm³/mol. The van der Waals surface area contributed by atoms with Crippen molar-refractivity contribution in [3.8, 4) is 5.75 Å². The third-order valence-electron chi connectivity index (χ3n) is 2.85. The molecule has 0 fully saturated rings. The lowest BCUT2D eigenvalue weighted by atomic mass is 10.0. The van der Waals surface area contributed by atoms with Crippen LogP contribution >= 0.6 is 23.2 Å². The second-order valence-corrected chi connectivity index (χ2v) is 4.97. The van der Waals surface area contributed by atoms with E-state index >= 15 is 0 Å². The fraction of sp³-hybridized carbons (Fsp3) is 0.0667. The van der Waals surface area contributed by atoms with Gasteiger partial charge in [-0.15, -0.1) is 0 Å².